The van der Waals surface area contributed by atoms with Crippen LogP contribution in [0, 0.1) is 0 Å². The van der Waals surface area contributed by atoms with Gasteiger partial charge in [0.1, 0.15) is 11.6 Å². The van der Waals surface area contributed by atoms with Crippen molar-refractivity contribution in [2.45, 2.75) is 6.54 Å². The fourth-order valence-corrected chi connectivity index (χ4v) is 3.42. The first-order chi connectivity index (χ1) is 12.3. The van der Waals surface area contributed by atoms with Crippen molar-refractivity contribution >= 4 is 33.3 Å². The van der Waals surface area contributed by atoms with E-state index < -0.39 is 0 Å². The number of hydrogen-bond acceptors (Lipinski definition) is 7. The van der Waals surface area contributed by atoms with Gasteiger partial charge in [-0.3, -0.25) is 4.79 Å². The second-order valence-corrected chi connectivity index (χ2v) is 6.53. The molecule has 4 rings (SSSR count). The molecule has 7 nitrogen and oxygen atoms in total. The SMILES string of the molecule is O=C(NCc1nccc(N2CCOCC2)n1)c1ccc2ncsc2c1. The van der Waals surface area contributed by atoms with Crippen molar-refractivity contribution in [2.75, 3.05) is 31.2 Å². The second-order valence-electron chi connectivity index (χ2n) is 5.65. The third-order valence-corrected chi connectivity index (χ3v) is 4.82. The van der Waals surface area contributed by atoms with Crippen molar-refractivity contribution in [1.82, 2.24) is 20.3 Å². The highest BCUT2D eigenvalue weighted by Crippen LogP contribution is 2.19. The van der Waals surface area contributed by atoms with Gasteiger partial charge in [-0.05, 0) is 24.3 Å². The van der Waals surface area contributed by atoms with E-state index in [9.17, 15) is 4.79 Å². The van der Waals surface area contributed by atoms with E-state index in [1.165, 1.54) is 11.3 Å². The third-order valence-electron chi connectivity index (χ3n) is 4.03. The molecule has 1 saturated heterocycles. The first kappa shape index (κ1) is 15.9. The van der Waals surface area contributed by atoms with Crippen LogP contribution in [-0.2, 0) is 11.3 Å². The van der Waals surface area contributed by atoms with E-state index in [2.05, 4.69) is 25.2 Å². The Morgan fingerprint density at radius 1 is 1.24 bits per heavy atom. The molecule has 0 saturated carbocycles. The zero-order valence-corrected chi connectivity index (χ0v) is 14.3. The Bertz CT molecular complexity index is 891. The summed E-state index contributed by atoms with van der Waals surface area (Å²) in [6.07, 6.45) is 1.72. The maximum atomic E-state index is 12.4. The summed E-state index contributed by atoms with van der Waals surface area (Å²) in [6.45, 7) is 3.33. The summed E-state index contributed by atoms with van der Waals surface area (Å²) in [4.78, 5) is 27.5. The minimum absolute atomic E-state index is 0.143. The van der Waals surface area contributed by atoms with E-state index in [1.807, 2.05) is 18.2 Å². The standard InChI is InChI=1S/C17H17N5O2S/c23-17(12-1-2-13-14(9-12)25-11-20-13)19-10-15-18-4-3-16(21-15)22-5-7-24-8-6-22/h1-4,9,11H,5-8,10H2,(H,19,23). The molecule has 0 unspecified atom stereocenters. The number of rotatable bonds is 4. The highest BCUT2D eigenvalue weighted by molar-refractivity contribution is 7.16. The smallest absolute Gasteiger partial charge is 0.251 e. The molecule has 128 valence electrons. The van der Waals surface area contributed by atoms with Crippen molar-refractivity contribution < 1.29 is 9.53 Å². The van der Waals surface area contributed by atoms with Crippen LogP contribution in [0.4, 0.5) is 5.82 Å². The van der Waals surface area contributed by atoms with Crippen LogP contribution in [0.2, 0.25) is 0 Å². The van der Waals surface area contributed by atoms with Gasteiger partial charge in [0.05, 0.1) is 35.5 Å². The zero-order chi connectivity index (χ0) is 17.1. The van der Waals surface area contributed by atoms with Crippen LogP contribution in [-0.4, -0.2) is 47.2 Å². The molecule has 1 amide bonds. The molecule has 1 aliphatic rings. The number of morpholine rings is 1. The molecular weight excluding hydrogens is 338 g/mol. The van der Waals surface area contributed by atoms with Crippen molar-refractivity contribution in [3.8, 4) is 0 Å². The van der Waals surface area contributed by atoms with E-state index in [0.717, 1.165) is 29.1 Å². The topological polar surface area (TPSA) is 80.2 Å². The second kappa shape index (κ2) is 7.12. The molecule has 1 aliphatic heterocycles. The quantitative estimate of drug-likeness (QED) is 0.769. The molecule has 25 heavy (non-hydrogen) atoms. The predicted octanol–water partition coefficient (Wildman–Crippen LogP) is 1.85. The molecule has 1 aromatic carbocycles. The van der Waals surface area contributed by atoms with Crippen LogP contribution in [0.25, 0.3) is 10.2 Å². The molecule has 0 radical (unpaired) electrons. The number of amides is 1. The first-order valence-corrected chi connectivity index (χ1v) is 8.93. The highest BCUT2D eigenvalue weighted by atomic mass is 32.1. The van der Waals surface area contributed by atoms with Crippen LogP contribution >= 0.6 is 11.3 Å². The van der Waals surface area contributed by atoms with E-state index >= 15 is 0 Å². The van der Waals surface area contributed by atoms with Gasteiger partial charge in [0.25, 0.3) is 5.91 Å². The molecule has 0 atom stereocenters. The summed E-state index contributed by atoms with van der Waals surface area (Å²) in [5.41, 5.74) is 3.29. The van der Waals surface area contributed by atoms with Crippen molar-refractivity contribution in [1.29, 1.82) is 0 Å². The molecular formula is C17H17N5O2S. The molecule has 8 heteroatoms. The maximum absolute atomic E-state index is 12.4. The number of nitrogens with one attached hydrogen (secondary N) is 1. The number of fused-ring (bicyclic) bond motifs is 1. The van der Waals surface area contributed by atoms with Gasteiger partial charge < -0.3 is 15.0 Å². The minimum atomic E-state index is -0.143. The molecule has 0 bridgehead atoms. The summed E-state index contributed by atoms with van der Waals surface area (Å²) < 4.78 is 6.36. The summed E-state index contributed by atoms with van der Waals surface area (Å²) in [6, 6.07) is 7.38. The van der Waals surface area contributed by atoms with Gasteiger partial charge in [0.2, 0.25) is 0 Å². The number of hydrogen-bond donors (Lipinski definition) is 1. The Balaban J connectivity index is 1.42. The molecule has 1 fully saturated rings. The van der Waals surface area contributed by atoms with Crippen LogP contribution in [0.3, 0.4) is 0 Å². The average Bonchev–Trinajstić information content (AvgIpc) is 3.15. The van der Waals surface area contributed by atoms with Crippen molar-refractivity contribution in [3.63, 3.8) is 0 Å². The summed E-state index contributed by atoms with van der Waals surface area (Å²) in [5.74, 6) is 1.32. The van der Waals surface area contributed by atoms with Crippen molar-refractivity contribution in [2.24, 2.45) is 0 Å². The lowest BCUT2D eigenvalue weighted by atomic mass is 10.2. The number of nitrogens with zero attached hydrogens (tertiary/aromatic N) is 4. The van der Waals surface area contributed by atoms with E-state index in [4.69, 9.17) is 4.74 Å². The summed E-state index contributed by atoms with van der Waals surface area (Å²) >= 11 is 1.52. The van der Waals surface area contributed by atoms with Gasteiger partial charge >= 0.3 is 0 Å². The fraction of sp³-hybridized carbons (Fsp3) is 0.294. The Labute approximate surface area is 148 Å². The van der Waals surface area contributed by atoms with E-state index in [-0.39, 0.29) is 12.5 Å². The van der Waals surface area contributed by atoms with Crippen molar-refractivity contribution in [3.05, 3.63) is 47.4 Å². The number of aromatic nitrogens is 3. The maximum Gasteiger partial charge on any atom is 0.251 e. The Kier molecular flexibility index (Phi) is 4.53. The monoisotopic (exact) mass is 355 g/mol. The molecule has 0 aliphatic carbocycles. The van der Waals surface area contributed by atoms with E-state index in [0.29, 0.717) is 24.6 Å². The lowest BCUT2D eigenvalue weighted by molar-refractivity contribution is 0.0950. The zero-order valence-electron chi connectivity index (χ0n) is 13.5. The lowest BCUT2D eigenvalue weighted by Gasteiger charge is -2.27. The fourth-order valence-electron chi connectivity index (χ4n) is 2.70. The number of thiazole rings is 1. The normalized spacial score (nSPS) is 14.6. The van der Waals surface area contributed by atoms with Crippen LogP contribution in [0.5, 0.6) is 0 Å². The van der Waals surface area contributed by atoms with Gasteiger partial charge in [-0.25, -0.2) is 15.0 Å². The van der Waals surface area contributed by atoms with Crippen LogP contribution in [0.1, 0.15) is 16.2 Å². The van der Waals surface area contributed by atoms with Gasteiger partial charge in [0.15, 0.2) is 0 Å². The van der Waals surface area contributed by atoms with Gasteiger partial charge in [0, 0.05) is 24.8 Å². The number of benzene rings is 1. The molecule has 2 aromatic heterocycles. The van der Waals surface area contributed by atoms with Gasteiger partial charge in [-0.15, -0.1) is 11.3 Å². The molecule has 3 heterocycles. The van der Waals surface area contributed by atoms with Crippen LogP contribution in [0.15, 0.2) is 36.0 Å². The largest absolute Gasteiger partial charge is 0.378 e. The van der Waals surface area contributed by atoms with Gasteiger partial charge in [-0.2, -0.15) is 0 Å². The summed E-state index contributed by atoms with van der Waals surface area (Å²) in [5, 5.41) is 2.88. The molecule has 0 spiro atoms. The van der Waals surface area contributed by atoms with Crippen LogP contribution < -0.4 is 10.2 Å². The lowest BCUT2D eigenvalue weighted by Crippen LogP contribution is -2.37. The summed E-state index contributed by atoms with van der Waals surface area (Å²) in [7, 11) is 0. The minimum Gasteiger partial charge on any atom is -0.378 e. The third kappa shape index (κ3) is 3.59. The Morgan fingerprint density at radius 2 is 2.12 bits per heavy atom. The Hall–Kier alpha value is -2.58. The molecule has 1 N–H and O–H groups in total. The number of carbonyl (C=O) groups excluding carboxylic acids is 1. The Morgan fingerprint density at radius 3 is 3.00 bits per heavy atom. The number of carbonyl (C=O) groups is 1. The highest BCUT2D eigenvalue weighted by Gasteiger charge is 2.13. The van der Waals surface area contributed by atoms with Gasteiger partial charge in [-0.1, -0.05) is 0 Å². The number of ether oxygens (including phenoxy) is 1. The first-order valence-electron chi connectivity index (χ1n) is 8.06. The molecule has 3 aromatic rings. The average molecular weight is 355 g/mol. The van der Waals surface area contributed by atoms with E-state index in [1.54, 1.807) is 17.8 Å². The predicted molar refractivity (Wildman–Crippen MR) is 95.9 cm³/mol. The number of anilines is 1.